The van der Waals surface area contributed by atoms with Crippen LogP contribution in [0.4, 0.5) is 10.8 Å². The van der Waals surface area contributed by atoms with E-state index in [1.54, 1.807) is 24.1 Å². The average Bonchev–Trinajstić information content (AvgIpc) is 2.96. The molecule has 96 valence electrons. The van der Waals surface area contributed by atoms with Crippen molar-refractivity contribution in [2.24, 2.45) is 7.05 Å². The monoisotopic (exact) mass is 266 g/mol. The third-order valence-electron chi connectivity index (χ3n) is 2.11. The van der Waals surface area contributed by atoms with Gasteiger partial charge in [-0.25, -0.2) is 0 Å². The number of aromatic nitrogens is 4. The second-order valence-electron chi connectivity index (χ2n) is 3.70. The van der Waals surface area contributed by atoms with E-state index in [0.717, 1.165) is 13.0 Å². The van der Waals surface area contributed by atoms with Crippen molar-refractivity contribution in [1.82, 2.24) is 20.0 Å². The van der Waals surface area contributed by atoms with E-state index in [4.69, 9.17) is 0 Å². The molecule has 0 radical (unpaired) electrons. The molecule has 0 fully saturated rings. The van der Waals surface area contributed by atoms with Gasteiger partial charge in [-0.05, 0) is 6.42 Å². The summed E-state index contributed by atoms with van der Waals surface area (Å²) in [7, 11) is 1.79. The zero-order valence-electron chi connectivity index (χ0n) is 10.2. The Bertz CT molecular complexity index is 534. The van der Waals surface area contributed by atoms with E-state index in [1.807, 2.05) is 0 Å². The number of carbonyl (C=O) groups excluding carboxylic acids is 1. The number of nitrogens with one attached hydrogen (secondary N) is 2. The van der Waals surface area contributed by atoms with Gasteiger partial charge in [0, 0.05) is 19.8 Å². The van der Waals surface area contributed by atoms with E-state index in [0.29, 0.717) is 15.8 Å². The lowest BCUT2D eigenvalue weighted by Gasteiger charge is -1.97. The fourth-order valence-corrected chi connectivity index (χ4v) is 1.95. The fourth-order valence-electron chi connectivity index (χ4n) is 1.29. The number of rotatable bonds is 5. The predicted octanol–water partition coefficient (Wildman–Crippen LogP) is 1.35. The Morgan fingerprint density at radius 3 is 3.00 bits per heavy atom. The summed E-state index contributed by atoms with van der Waals surface area (Å²) in [4.78, 5) is 11.8. The van der Waals surface area contributed by atoms with Gasteiger partial charge in [0.1, 0.15) is 0 Å². The molecule has 0 aliphatic rings. The van der Waals surface area contributed by atoms with Gasteiger partial charge >= 0.3 is 0 Å². The van der Waals surface area contributed by atoms with E-state index >= 15 is 0 Å². The standard InChI is InChI=1S/C10H14N6OS/c1-3-4-11-10-15-14-9(18-10)8(17)13-7-5-12-16(2)6-7/h5-6H,3-4H2,1-2H3,(H,11,15)(H,13,17). The van der Waals surface area contributed by atoms with Gasteiger partial charge in [0.2, 0.25) is 10.1 Å². The molecular weight excluding hydrogens is 252 g/mol. The summed E-state index contributed by atoms with van der Waals surface area (Å²) in [5, 5.41) is 18.5. The number of nitrogens with zero attached hydrogens (tertiary/aromatic N) is 4. The Balaban J connectivity index is 1.98. The van der Waals surface area contributed by atoms with E-state index in [9.17, 15) is 4.79 Å². The Morgan fingerprint density at radius 1 is 1.50 bits per heavy atom. The molecule has 2 heterocycles. The Kier molecular flexibility index (Phi) is 3.88. The molecule has 0 aromatic carbocycles. The molecule has 0 saturated carbocycles. The molecule has 0 unspecified atom stereocenters. The highest BCUT2D eigenvalue weighted by atomic mass is 32.1. The van der Waals surface area contributed by atoms with Crippen LogP contribution in [-0.4, -0.2) is 32.4 Å². The van der Waals surface area contributed by atoms with Crippen LogP contribution in [0.25, 0.3) is 0 Å². The Labute approximate surface area is 108 Å². The van der Waals surface area contributed by atoms with Crippen molar-refractivity contribution < 1.29 is 4.79 Å². The van der Waals surface area contributed by atoms with Crippen molar-refractivity contribution in [3.63, 3.8) is 0 Å². The molecule has 7 nitrogen and oxygen atoms in total. The first-order valence-electron chi connectivity index (χ1n) is 5.56. The summed E-state index contributed by atoms with van der Waals surface area (Å²) in [5.74, 6) is -0.273. The topological polar surface area (TPSA) is 84.7 Å². The summed E-state index contributed by atoms with van der Waals surface area (Å²) in [5.41, 5.74) is 0.640. The number of anilines is 2. The molecule has 18 heavy (non-hydrogen) atoms. The van der Waals surface area contributed by atoms with E-state index in [1.165, 1.54) is 11.3 Å². The first-order valence-corrected chi connectivity index (χ1v) is 6.38. The van der Waals surface area contributed by atoms with Crippen molar-refractivity contribution in [2.45, 2.75) is 13.3 Å². The molecule has 8 heteroatoms. The highest BCUT2D eigenvalue weighted by molar-refractivity contribution is 7.17. The SMILES string of the molecule is CCCNc1nnc(C(=O)Nc2cnn(C)c2)s1. The second kappa shape index (κ2) is 5.58. The minimum absolute atomic E-state index is 0.273. The average molecular weight is 266 g/mol. The number of hydrogen-bond acceptors (Lipinski definition) is 6. The van der Waals surface area contributed by atoms with Crippen molar-refractivity contribution >= 4 is 28.1 Å². The largest absolute Gasteiger partial charge is 0.360 e. The molecule has 0 aliphatic heterocycles. The molecular formula is C10H14N6OS. The quantitative estimate of drug-likeness (QED) is 0.853. The maximum absolute atomic E-state index is 11.8. The van der Waals surface area contributed by atoms with Crippen molar-refractivity contribution in [1.29, 1.82) is 0 Å². The third kappa shape index (κ3) is 3.04. The lowest BCUT2D eigenvalue weighted by Crippen LogP contribution is -2.10. The molecule has 2 aromatic heterocycles. The number of amides is 1. The van der Waals surface area contributed by atoms with Crippen LogP contribution in [0.2, 0.25) is 0 Å². The summed E-state index contributed by atoms with van der Waals surface area (Å²) in [6, 6.07) is 0. The van der Waals surface area contributed by atoms with E-state index in [2.05, 4.69) is 32.9 Å². The molecule has 2 aromatic rings. The minimum atomic E-state index is -0.273. The van der Waals surface area contributed by atoms with Crippen LogP contribution in [-0.2, 0) is 7.05 Å². The van der Waals surface area contributed by atoms with Crippen LogP contribution in [0.15, 0.2) is 12.4 Å². The highest BCUT2D eigenvalue weighted by Crippen LogP contribution is 2.16. The van der Waals surface area contributed by atoms with Gasteiger partial charge in [-0.15, -0.1) is 10.2 Å². The van der Waals surface area contributed by atoms with Crippen molar-refractivity contribution in [3.8, 4) is 0 Å². The summed E-state index contributed by atoms with van der Waals surface area (Å²) in [6.07, 6.45) is 4.29. The summed E-state index contributed by atoms with van der Waals surface area (Å²) >= 11 is 1.23. The normalized spacial score (nSPS) is 10.3. The zero-order valence-corrected chi connectivity index (χ0v) is 11.0. The predicted molar refractivity (Wildman–Crippen MR) is 69.9 cm³/mol. The Morgan fingerprint density at radius 2 is 2.33 bits per heavy atom. The fraction of sp³-hybridized carbons (Fsp3) is 0.400. The molecule has 2 N–H and O–H groups in total. The molecule has 2 rings (SSSR count). The van der Waals surface area contributed by atoms with Gasteiger partial charge in [0.05, 0.1) is 11.9 Å². The summed E-state index contributed by atoms with van der Waals surface area (Å²) in [6.45, 7) is 2.88. The molecule has 0 spiro atoms. The van der Waals surface area contributed by atoms with Crippen LogP contribution in [0.5, 0.6) is 0 Å². The third-order valence-corrected chi connectivity index (χ3v) is 2.99. The smallest absolute Gasteiger partial charge is 0.286 e. The van der Waals surface area contributed by atoms with E-state index < -0.39 is 0 Å². The number of hydrogen-bond donors (Lipinski definition) is 2. The van der Waals surface area contributed by atoms with Gasteiger partial charge in [-0.2, -0.15) is 5.10 Å². The van der Waals surface area contributed by atoms with Gasteiger partial charge in [0.15, 0.2) is 0 Å². The second-order valence-corrected chi connectivity index (χ2v) is 4.67. The van der Waals surface area contributed by atoms with Crippen molar-refractivity contribution in [2.75, 3.05) is 17.2 Å². The van der Waals surface area contributed by atoms with Gasteiger partial charge in [-0.3, -0.25) is 9.48 Å². The van der Waals surface area contributed by atoms with Gasteiger partial charge in [-0.1, -0.05) is 18.3 Å². The van der Waals surface area contributed by atoms with Crippen LogP contribution < -0.4 is 10.6 Å². The lowest BCUT2D eigenvalue weighted by molar-refractivity contribution is 0.102. The van der Waals surface area contributed by atoms with Crippen LogP contribution >= 0.6 is 11.3 Å². The maximum Gasteiger partial charge on any atom is 0.286 e. The maximum atomic E-state index is 11.8. The molecule has 0 atom stereocenters. The van der Waals surface area contributed by atoms with Gasteiger partial charge < -0.3 is 10.6 Å². The van der Waals surface area contributed by atoms with Crippen LogP contribution in [0.3, 0.4) is 0 Å². The number of aryl methyl sites for hydroxylation is 1. The minimum Gasteiger partial charge on any atom is -0.360 e. The molecule has 0 aliphatic carbocycles. The molecule has 0 saturated heterocycles. The zero-order chi connectivity index (χ0) is 13.0. The first-order chi connectivity index (χ1) is 8.69. The first kappa shape index (κ1) is 12.5. The van der Waals surface area contributed by atoms with Crippen LogP contribution in [0.1, 0.15) is 23.1 Å². The lowest BCUT2D eigenvalue weighted by atomic mass is 10.5. The summed E-state index contributed by atoms with van der Waals surface area (Å²) < 4.78 is 1.62. The highest BCUT2D eigenvalue weighted by Gasteiger charge is 2.13. The Hall–Kier alpha value is -1.96. The van der Waals surface area contributed by atoms with Gasteiger partial charge in [0.25, 0.3) is 5.91 Å². The molecule has 0 bridgehead atoms. The molecule has 1 amide bonds. The van der Waals surface area contributed by atoms with Crippen molar-refractivity contribution in [3.05, 3.63) is 17.4 Å². The van der Waals surface area contributed by atoms with E-state index in [-0.39, 0.29) is 5.91 Å². The number of carbonyl (C=O) groups is 1. The van der Waals surface area contributed by atoms with Crippen LogP contribution in [0, 0.1) is 0 Å².